The second-order valence-electron chi connectivity index (χ2n) is 3.18. The van der Waals surface area contributed by atoms with Crippen LogP contribution in [0.5, 0.6) is 0 Å². The largest absolute Gasteiger partial charge is 0.376 e. The summed E-state index contributed by atoms with van der Waals surface area (Å²) in [5.41, 5.74) is 0. The Hall–Kier alpha value is -0.790. The fourth-order valence-corrected chi connectivity index (χ4v) is 2.36. The lowest BCUT2D eigenvalue weighted by molar-refractivity contribution is 0.0338. The van der Waals surface area contributed by atoms with E-state index in [1.807, 2.05) is 0 Å². The summed E-state index contributed by atoms with van der Waals surface area (Å²) in [5, 5.41) is 0. The molecule has 0 saturated carbocycles. The fraction of sp³-hybridized carbons (Fsp3) is 0.857. The third kappa shape index (κ3) is 2.61. The van der Waals surface area contributed by atoms with Crippen molar-refractivity contribution in [1.29, 1.82) is 0 Å². The molecule has 0 spiro atoms. The molecular weight excluding hydrogens is 222 g/mol. The first kappa shape index (κ1) is 12.3. The molecule has 1 aliphatic heterocycles. The van der Waals surface area contributed by atoms with E-state index in [-0.39, 0.29) is 13.2 Å². The van der Waals surface area contributed by atoms with Gasteiger partial charge in [-0.25, -0.2) is 4.79 Å². The summed E-state index contributed by atoms with van der Waals surface area (Å²) in [4.78, 5) is 13.5. The molecule has 0 amide bonds. The van der Waals surface area contributed by atoms with Gasteiger partial charge in [0.2, 0.25) is 6.08 Å². The van der Waals surface area contributed by atoms with Crippen molar-refractivity contribution in [2.45, 2.75) is 6.17 Å². The Labute approximate surface area is 88.5 Å². The van der Waals surface area contributed by atoms with Gasteiger partial charge in [-0.3, -0.25) is 0 Å². The lowest BCUT2D eigenvalue weighted by Crippen LogP contribution is -2.51. The average molecular weight is 235 g/mol. The van der Waals surface area contributed by atoms with Crippen LogP contribution in [0, 0.1) is 0 Å². The second-order valence-corrected chi connectivity index (χ2v) is 5.27. The molecule has 86 valence electrons. The molecule has 1 aliphatic rings. The molecule has 0 radical (unpaired) electrons. The highest BCUT2D eigenvalue weighted by molar-refractivity contribution is 7.86. The minimum Gasteiger partial charge on any atom is -0.376 e. The van der Waals surface area contributed by atoms with Crippen molar-refractivity contribution in [3.05, 3.63) is 0 Å². The number of hydrogen-bond donors (Lipinski definition) is 0. The van der Waals surface area contributed by atoms with Crippen LogP contribution in [0.25, 0.3) is 0 Å². The maximum absolute atomic E-state index is 11.8. The quantitative estimate of drug-likeness (QED) is 0.454. The highest BCUT2D eigenvalue weighted by Gasteiger charge is 2.34. The Balaban J connectivity index is 2.95. The summed E-state index contributed by atoms with van der Waals surface area (Å²) >= 11 is 0. The highest BCUT2D eigenvalue weighted by Crippen LogP contribution is 2.14. The van der Waals surface area contributed by atoms with Gasteiger partial charge in [-0.2, -0.15) is 22.0 Å². The van der Waals surface area contributed by atoms with Crippen LogP contribution in [-0.2, 0) is 19.7 Å². The maximum atomic E-state index is 11.8. The highest BCUT2D eigenvalue weighted by atomic mass is 32.2. The van der Waals surface area contributed by atoms with Gasteiger partial charge in [0.05, 0.1) is 13.2 Å². The van der Waals surface area contributed by atoms with Crippen molar-refractivity contribution in [3.63, 3.8) is 0 Å². The van der Waals surface area contributed by atoms with Crippen LogP contribution in [0.3, 0.4) is 0 Å². The SMILES string of the molecule is CN(C)S(=O)(=O)N1CCOCC1N=C=O. The average Bonchev–Trinajstić information content (AvgIpc) is 2.18. The van der Waals surface area contributed by atoms with Crippen molar-refractivity contribution < 1.29 is 17.9 Å². The molecule has 0 aliphatic carbocycles. The van der Waals surface area contributed by atoms with Crippen LogP contribution in [0.2, 0.25) is 0 Å². The van der Waals surface area contributed by atoms with Gasteiger partial charge in [0.15, 0.2) is 6.17 Å². The van der Waals surface area contributed by atoms with Crippen LogP contribution >= 0.6 is 0 Å². The Morgan fingerprint density at radius 1 is 1.53 bits per heavy atom. The Bertz CT molecular complexity index is 360. The molecule has 1 saturated heterocycles. The zero-order valence-electron chi connectivity index (χ0n) is 8.58. The minimum atomic E-state index is -3.56. The molecule has 7 nitrogen and oxygen atoms in total. The van der Waals surface area contributed by atoms with E-state index in [2.05, 4.69) is 4.99 Å². The van der Waals surface area contributed by atoms with E-state index in [1.165, 1.54) is 20.2 Å². The molecule has 0 aromatic heterocycles. The van der Waals surface area contributed by atoms with Gasteiger partial charge in [-0.05, 0) is 0 Å². The predicted octanol–water partition coefficient (Wildman–Crippen LogP) is -1.21. The number of isocyanates is 1. The van der Waals surface area contributed by atoms with Crippen molar-refractivity contribution in [2.75, 3.05) is 33.9 Å². The first-order valence-corrected chi connectivity index (χ1v) is 5.74. The third-order valence-corrected chi connectivity index (χ3v) is 3.96. The minimum absolute atomic E-state index is 0.0856. The van der Waals surface area contributed by atoms with Crippen molar-refractivity contribution in [3.8, 4) is 0 Å². The summed E-state index contributed by atoms with van der Waals surface area (Å²) in [5.74, 6) is 0. The van der Waals surface area contributed by atoms with Gasteiger partial charge in [0.1, 0.15) is 0 Å². The van der Waals surface area contributed by atoms with E-state index in [0.29, 0.717) is 6.61 Å². The summed E-state index contributed by atoms with van der Waals surface area (Å²) in [7, 11) is -0.711. The number of carbonyl (C=O) groups excluding carboxylic acids is 1. The van der Waals surface area contributed by atoms with Crippen LogP contribution in [0.15, 0.2) is 4.99 Å². The van der Waals surface area contributed by atoms with Gasteiger partial charge >= 0.3 is 0 Å². The Morgan fingerprint density at radius 3 is 2.73 bits per heavy atom. The van der Waals surface area contributed by atoms with Gasteiger partial charge in [-0.15, -0.1) is 0 Å². The second kappa shape index (κ2) is 4.82. The lowest BCUT2D eigenvalue weighted by atomic mass is 10.4. The number of ether oxygens (including phenoxy) is 1. The molecule has 1 atom stereocenters. The predicted molar refractivity (Wildman–Crippen MR) is 52.0 cm³/mol. The molecule has 1 rings (SSSR count). The van der Waals surface area contributed by atoms with Crippen molar-refractivity contribution >= 4 is 16.3 Å². The number of nitrogens with zero attached hydrogens (tertiary/aromatic N) is 3. The maximum Gasteiger partial charge on any atom is 0.283 e. The Kier molecular flexibility index (Phi) is 3.95. The summed E-state index contributed by atoms with van der Waals surface area (Å²) < 4.78 is 30.8. The molecular formula is C7H13N3O4S. The summed E-state index contributed by atoms with van der Waals surface area (Å²) in [6.45, 7) is 0.580. The molecule has 0 N–H and O–H groups in total. The first-order valence-electron chi connectivity index (χ1n) is 4.34. The molecule has 0 aromatic carbocycles. The van der Waals surface area contributed by atoms with E-state index in [0.717, 1.165) is 8.61 Å². The smallest absolute Gasteiger partial charge is 0.283 e. The third-order valence-electron chi connectivity index (χ3n) is 2.01. The van der Waals surface area contributed by atoms with Gasteiger partial charge < -0.3 is 4.74 Å². The van der Waals surface area contributed by atoms with Crippen LogP contribution in [-0.4, -0.2) is 63.1 Å². The van der Waals surface area contributed by atoms with E-state index < -0.39 is 16.4 Å². The van der Waals surface area contributed by atoms with Crippen LogP contribution in [0.4, 0.5) is 0 Å². The Morgan fingerprint density at radius 2 is 2.20 bits per heavy atom. The zero-order chi connectivity index (χ0) is 11.5. The van der Waals surface area contributed by atoms with Gasteiger partial charge in [0, 0.05) is 20.6 Å². The number of hydrogen-bond acceptors (Lipinski definition) is 5. The van der Waals surface area contributed by atoms with Gasteiger partial charge in [-0.1, -0.05) is 0 Å². The van der Waals surface area contributed by atoms with E-state index >= 15 is 0 Å². The standard InChI is InChI=1S/C7H13N3O4S/c1-9(2)15(12,13)10-3-4-14-5-7(10)8-6-11/h7H,3-5H2,1-2H3. The normalized spacial score (nSPS) is 23.8. The molecule has 0 bridgehead atoms. The monoisotopic (exact) mass is 235 g/mol. The van der Waals surface area contributed by atoms with Crippen LogP contribution in [0.1, 0.15) is 0 Å². The lowest BCUT2D eigenvalue weighted by Gasteiger charge is -2.32. The summed E-state index contributed by atoms with van der Waals surface area (Å²) in [6, 6.07) is 0. The summed E-state index contributed by atoms with van der Waals surface area (Å²) in [6.07, 6.45) is 0.547. The topological polar surface area (TPSA) is 79.3 Å². The van der Waals surface area contributed by atoms with Crippen LogP contribution < -0.4 is 0 Å². The van der Waals surface area contributed by atoms with Gasteiger partial charge in [0.25, 0.3) is 10.2 Å². The van der Waals surface area contributed by atoms with Crippen molar-refractivity contribution in [2.24, 2.45) is 4.99 Å². The first-order chi connectivity index (χ1) is 7.00. The molecule has 0 aromatic rings. The molecule has 1 fully saturated rings. The van der Waals surface area contributed by atoms with E-state index in [9.17, 15) is 13.2 Å². The molecule has 1 heterocycles. The zero-order valence-corrected chi connectivity index (χ0v) is 9.40. The van der Waals surface area contributed by atoms with E-state index in [4.69, 9.17) is 4.74 Å². The number of morpholine rings is 1. The fourth-order valence-electron chi connectivity index (χ4n) is 1.22. The number of rotatable bonds is 3. The number of aliphatic imine (C=N–C) groups is 1. The van der Waals surface area contributed by atoms with E-state index in [1.54, 1.807) is 0 Å². The molecule has 8 heteroatoms. The van der Waals surface area contributed by atoms with Crippen molar-refractivity contribution in [1.82, 2.24) is 8.61 Å². The molecule has 15 heavy (non-hydrogen) atoms. The molecule has 1 unspecified atom stereocenters.